The first-order valence-electron chi connectivity index (χ1n) is 5.89. The molecular formula is C13H22N2O3. The van der Waals surface area contributed by atoms with Crippen molar-refractivity contribution in [1.29, 1.82) is 0 Å². The second-order valence-electron chi connectivity index (χ2n) is 3.87. The average molecular weight is 254 g/mol. The van der Waals surface area contributed by atoms with Gasteiger partial charge in [-0.05, 0) is 26.1 Å². The summed E-state index contributed by atoms with van der Waals surface area (Å²) in [6, 6.07) is 3.88. The molecule has 1 aromatic rings. The second kappa shape index (κ2) is 7.08. The fraction of sp³-hybridized carbons (Fsp3) is 0.538. The van der Waals surface area contributed by atoms with Crippen LogP contribution in [0.2, 0.25) is 0 Å². The van der Waals surface area contributed by atoms with Crippen LogP contribution in [0.5, 0.6) is 17.2 Å². The van der Waals surface area contributed by atoms with E-state index in [2.05, 4.69) is 5.32 Å². The molecule has 0 saturated heterocycles. The molecule has 0 spiro atoms. The molecule has 5 nitrogen and oxygen atoms in total. The molecule has 0 bridgehead atoms. The minimum absolute atomic E-state index is 0.129. The van der Waals surface area contributed by atoms with E-state index in [0.29, 0.717) is 18.0 Å². The number of hydrogen-bond donors (Lipinski definition) is 2. The van der Waals surface area contributed by atoms with E-state index in [-0.39, 0.29) is 6.04 Å². The lowest BCUT2D eigenvalue weighted by molar-refractivity contribution is 0.345. The molecule has 102 valence electrons. The maximum Gasteiger partial charge on any atom is 0.164 e. The first kappa shape index (κ1) is 14.6. The predicted molar refractivity (Wildman–Crippen MR) is 71.6 cm³/mol. The van der Waals surface area contributed by atoms with Crippen LogP contribution in [0.1, 0.15) is 18.0 Å². The van der Waals surface area contributed by atoms with Crippen molar-refractivity contribution in [2.24, 2.45) is 5.73 Å². The van der Waals surface area contributed by atoms with Crippen molar-refractivity contribution in [3.05, 3.63) is 17.7 Å². The van der Waals surface area contributed by atoms with E-state index in [1.807, 2.05) is 19.2 Å². The molecule has 0 fully saturated rings. The van der Waals surface area contributed by atoms with Gasteiger partial charge in [0.05, 0.1) is 21.3 Å². The smallest absolute Gasteiger partial charge is 0.164 e. The van der Waals surface area contributed by atoms with Gasteiger partial charge in [0.1, 0.15) is 5.75 Å². The number of nitrogens with two attached hydrogens (primary N) is 1. The van der Waals surface area contributed by atoms with Gasteiger partial charge >= 0.3 is 0 Å². The summed E-state index contributed by atoms with van der Waals surface area (Å²) in [7, 11) is 6.76. The Balaban J connectivity index is 3.23. The summed E-state index contributed by atoms with van der Waals surface area (Å²) >= 11 is 0. The molecule has 0 aliphatic rings. The number of hydrogen-bond acceptors (Lipinski definition) is 5. The van der Waals surface area contributed by atoms with Gasteiger partial charge in [-0.15, -0.1) is 0 Å². The van der Waals surface area contributed by atoms with Crippen LogP contribution in [0.4, 0.5) is 0 Å². The Morgan fingerprint density at radius 2 is 1.61 bits per heavy atom. The Morgan fingerprint density at radius 3 is 2.06 bits per heavy atom. The van der Waals surface area contributed by atoms with E-state index < -0.39 is 0 Å². The molecule has 1 unspecified atom stereocenters. The van der Waals surface area contributed by atoms with E-state index in [1.165, 1.54) is 0 Å². The van der Waals surface area contributed by atoms with Gasteiger partial charge in [0.2, 0.25) is 0 Å². The number of methoxy groups -OCH3 is 3. The predicted octanol–water partition coefficient (Wildman–Crippen LogP) is 1.32. The summed E-state index contributed by atoms with van der Waals surface area (Å²) in [6.45, 7) is 0.600. The first-order valence-corrected chi connectivity index (χ1v) is 5.89. The molecule has 5 heteroatoms. The number of nitrogens with one attached hydrogen (secondary N) is 1. The first-order chi connectivity index (χ1) is 8.71. The summed E-state index contributed by atoms with van der Waals surface area (Å²) in [5.41, 5.74) is 6.64. The molecular weight excluding hydrogens is 232 g/mol. The van der Waals surface area contributed by atoms with Gasteiger partial charge in [0.15, 0.2) is 11.5 Å². The van der Waals surface area contributed by atoms with E-state index in [0.717, 1.165) is 17.7 Å². The zero-order valence-electron chi connectivity index (χ0n) is 11.4. The monoisotopic (exact) mass is 254 g/mol. The molecule has 0 radical (unpaired) electrons. The van der Waals surface area contributed by atoms with Gasteiger partial charge in [0.25, 0.3) is 0 Å². The van der Waals surface area contributed by atoms with Crippen molar-refractivity contribution < 1.29 is 14.2 Å². The standard InChI is InChI=1S/C13H22N2O3/c1-15-10(5-6-14)9-7-12(17-3)13(18-4)8-11(9)16-2/h7-8,10,15H,5-6,14H2,1-4H3. The molecule has 1 aromatic carbocycles. The van der Waals surface area contributed by atoms with Gasteiger partial charge in [-0.25, -0.2) is 0 Å². The number of benzene rings is 1. The molecule has 0 aromatic heterocycles. The highest BCUT2D eigenvalue weighted by Crippen LogP contribution is 2.38. The lowest BCUT2D eigenvalue weighted by atomic mass is 10.0. The maximum atomic E-state index is 5.62. The molecule has 0 heterocycles. The second-order valence-corrected chi connectivity index (χ2v) is 3.87. The van der Waals surface area contributed by atoms with Crippen LogP contribution in [0.3, 0.4) is 0 Å². The summed E-state index contributed by atoms with van der Waals surface area (Å²) in [4.78, 5) is 0. The normalized spacial score (nSPS) is 12.1. The van der Waals surface area contributed by atoms with Gasteiger partial charge in [-0.3, -0.25) is 0 Å². The zero-order chi connectivity index (χ0) is 13.5. The Kier molecular flexibility index (Phi) is 5.74. The van der Waals surface area contributed by atoms with Gasteiger partial charge < -0.3 is 25.3 Å². The van der Waals surface area contributed by atoms with Gasteiger partial charge in [-0.2, -0.15) is 0 Å². The minimum atomic E-state index is 0.129. The van der Waals surface area contributed by atoms with E-state index >= 15 is 0 Å². The van der Waals surface area contributed by atoms with Crippen molar-refractivity contribution in [2.75, 3.05) is 34.9 Å². The molecule has 0 aliphatic heterocycles. The summed E-state index contributed by atoms with van der Waals surface area (Å²) < 4.78 is 16.0. The van der Waals surface area contributed by atoms with Crippen LogP contribution in [0, 0.1) is 0 Å². The van der Waals surface area contributed by atoms with Crippen LogP contribution < -0.4 is 25.3 Å². The fourth-order valence-electron chi connectivity index (χ4n) is 1.95. The molecule has 3 N–H and O–H groups in total. The molecule has 18 heavy (non-hydrogen) atoms. The molecule has 0 saturated carbocycles. The zero-order valence-corrected chi connectivity index (χ0v) is 11.4. The van der Waals surface area contributed by atoms with Crippen LogP contribution in [-0.4, -0.2) is 34.9 Å². The third kappa shape index (κ3) is 3.05. The van der Waals surface area contributed by atoms with Crippen molar-refractivity contribution in [2.45, 2.75) is 12.5 Å². The van der Waals surface area contributed by atoms with Crippen LogP contribution >= 0.6 is 0 Å². The lowest BCUT2D eigenvalue weighted by Crippen LogP contribution is -2.20. The third-order valence-corrected chi connectivity index (χ3v) is 2.92. The van der Waals surface area contributed by atoms with E-state index in [4.69, 9.17) is 19.9 Å². The Hall–Kier alpha value is -1.46. The highest BCUT2D eigenvalue weighted by atomic mass is 16.5. The third-order valence-electron chi connectivity index (χ3n) is 2.92. The van der Waals surface area contributed by atoms with E-state index in [1.54, 1.807) is 21.3 Å². The topological polar surface area (TPSA) is 65.7 Å². The van der Waals surface area contributed by atoms with E-state index in [9.17, 15) is 0 Å². The number of rotatable bonds is 7. The Morgan fingerprint density at radius 1 is 1.06 bits per heavy atom. The maximum absolute atomic E-state index is 5.62. The quantitative estimate of drug-likeness (QED) is 0.768. The Bertz CT molecular complexity index is 383. The summed E-state index contributed by atoms with van der Waals surface area (Å²) in [5, 5.41) is 3.23. The van der Waals surface area contributed by atoms with Gasteiger partial charge in [0, 0.05) is 17.7 Å². The SMILES string of the molecule is CNC(CCN)c1cc(OC)c(OC)cc1OC. The van der Waals surface area contributed by atoms with Crippen LogP contribution in [-0.2, 0) is 0 Å². The molecule has 1 atom stereocenters. The highest BCUT2D eigenvalue weighted by molar-refractivity contribution is 5.51. The van der Waals surface area contributed by atoms with Crippen LogP contribution in [0.15, 0.2) is 12.1 Å². The van der Waals surface area contributed by atoms with Crippen molar-refractivity contribution in [3.8, 4) is 17.2 Å². The Labute approximate surface area is 108 Å². The highest BCUT2D eigenvalue weighted by Gasteiger charge is 2.18. The van der Waals surface area contributed by atoms with Crippen LogP contribution in [0.25, 0.3) is 0 Å². The number of ether oxygens (including phenoxy) is 3. The minimum Gasteiger partial charge on any atom is -0.496 e. The summed E-state index contributed by atoms with van der Waals surface area (Å²) in [5.74, 6) is 2.10. The van der Waals surface area contributed by atoms with Crippen molar-refractivity contribution >= 4 is 0 Å². The average Bonchev–Trinajstić information content (AvgIpc) is 2.43. The molecule has 0 aliphatic carbocycles. The lowest BCUT2D eigenvalue weighted by Gasteiger charge is -2.20. The molecule has 1 rings (SSSR count). The fourth-order valence-corrected chi connectivity index (χ4v) is 1.95. The summed E-state index contributed by atoms with van der Waals surface area (Å²) in [6.07, 6.45) is 0.822. The van der Waals surface area contributed by atoms with Gasteiger partial charge in [-0.1, -0.05) is 0 Å². The van der Waals surface area contributed by atoms with Crippen molar-refractivity contribution in [1.82, 2.24) is 5.32 Å². The van der Waals surface area contributed by atoms with Crippen molar-refractivity contribution in [3.63, 3.8) is 0 Å². The largest absolute Gasteiger partial charge is 0.496 e. The molecule has 0 amide bonds.